The Morgan fingerprint density at radius 3 is 1.79 bits per heavy atom. The maximum atomic E-state index is 14.1. The van der Waals surface area contributed by atoms with Gasteiger partial charge in [-0.2, -0.15) is 0 Å². The predicted octanol–water partition coefficient (Wildman–Crippen LogP) is 4.33. The molecule has 24 heavy (non-hydrogen) atoms. The highest BCUT2D eigenvalue weighted by molar-refractivity contribution is 7.85. The van der Waals surface area contributed by atoms with E-state index in [2.05, 4.69) is 0 Å². The predicted molar refractivity (Wildman–Crippen MR) is 78.4 cm³/mol. The summed E-state index contributed by atoms with van der Waals surface area (Å²) in [6.45, 7) is 3.88. The van der Waals surface area contributed by atoms with Gasteiger partial charge in [0.25, 0.3) is 0 Å². The molecule has 0 heterocycles. The highest BCUT2D eigenvalue weighted by atomic mass is 32.2. The molecule has 0 radical (unpaired) electrons. The van der Waals surface area contributed by atoms with E-state index in [1.807, 2.05) is 13.8 Å². The molecule has 2 aromatic rings. The third kappa shape index (κ3) is 3.16. The van der Waals surface area contributed by atoms with Gasteiger partial charge in [0.05, 0.1) is 5.56 Å². The van der Waals surface area contributed by atoms with Crippen LogP contribution in [0.2, 0.25) is 0 Å². The number of hydrogen-bond acceptors (Lipinski definition) is 3. The summed E-state index contributed by atoms with van der Waals surface area (Å²) in [5, 5.41) is 0. The molecule has 0 saturated carbocycles. The summed E-state index contributed by atoms with van der Waals surface area (Å²) >= 11 is 0. The topological polar surface area (TPSA) is 57.2 Å². The molecule has 1 unspecified atom stereocenters. The molecule has 0 spiro atoms. The molecule has 2 rings (SSSR count). The Hall–Kier alpha value is -1.93. The van der Waals surface area contributed by atoms with Gasteiger partial charge in [0.2, 0.25) is 0 Å². The second-order valence-corrected chi connectivity index (χ2v) is 6.66. The van der Waals surface area contributed by atoms with Crippen LogP contribution in [0.1, 0.15) is 31.7 Å². The minimum absolute atomic E-state index is 0.176. The molecule has 0 aliphatic carbocycles. The first kappa shape index (κ1) is 18.4. The lowest BCUT2D eigenvalue weighted by atomic mass is 9.95. The minimum atomic E-state index is -5.71. The summed E-state index contributed by atoms with van der Waals surface area (Å²) in [6, 6.07) is 5.65. The summed E-state index contributed by atoms with van der Waals surface area (Å²) in [5.74, 6) is -8.15. The van der Waals surface area contributed by atoms with Crippen molar-refractivity contribution >= 4 is 10.1 Å². The number of rotatable bonds is 4. The van der Waals surface area contributed by atoms with Gasteiger partial charge in [-0.1, -0.05) is 38.1 Å². The smallest absolute Gasteiger partial charge is 0.180 e. The standard InChI is InChI=1S/C16H14F4O3S/c1-3-8(2)9-4-6-10(7-5-9)11-12(17)14(19)16(24(21,22)23)15(20)13(11)18/h4-8H,3H2,1-2H3,(H,21,22,23)/p-1. The van der Waals surface area contributed by atoms with Crippen LogP contribution in [-0.4, -0.2) is 13.0 Å². The Bertz CT molecular complexity index is 848. The lowest BCUT2D eigenvalue weighted by molar-refractivity contribution is 0.401. The van der Waals surface area contributed by atoms with Gasteiger partial charge in [-0.25, -0.2) is 26.0 Å². The van der Waals surface area contributed by atoms with Gasteiger partial charge in [-0.05, 0) is 23.5 Å². The number of halogens is 4. The normalized spacial score (nSPS) is 13.1. The van der Waals surface area contributed by atoms with Gasteiger partial charge in [-0.3, -0.25) is 0 Å². The Morgan fingerprint density at radius 2 is 1.42 bits per heavy atom. The molecule has 1 atom stereocenters. The van der Waals surface area contributed by atoms with Gasteiger partial charge in [0.1, 0.15) is 15.0 Å². The summed E-state index contributed by atoms with van der Waals surface area (Å²) in [5.41, 5.74) is -0.375. The fourth-order valence-electron chi connectivity index (χ4n) is 2.30. The fraction of sp³-hybridized carbons (Fsp3) is 0.250. The van der Waals surface area contributed by atoms with Crippen LogP contribution in [0.15, 0.2) is 29.2 Å². The lowest BCUT2D eigenvalue weighted by Gasteiger charge is -2.15. The lowest BCUT2D eigenvalue weighted by Crippen LogP contribution is -2.11. The van der Waals surface area contributed by atoms with E-state index in [0.29, 0.717) is 0 Å². The summed E-state index contributed by atoms with van der Waals surface area (Å²) in [4.78, 5) is -2.16. The molecule has 0 fully saturated rings. The first-order chi connectivity index (χ1) is 11.1. The zero-order valence-corrected chi connectivity index (χ0v) is 13.6. The molecule has 0 saturated heterocycles. The quantitative estimate of drug-likeness (QED) is 0.463. The van der Waals surface area contributed by atoms with E-state index in [0.717, 1.165) is 12.0 Å². The largest absolute Gasteiger partial charge is 0.744 e. The summed E-state index contributed by atoms with van der Waals surface area (Å²) in [7, 11) is -5.71. The van der Waals surface area contributed by atoms with Crippen LogP contribution in [0.25, 0.3) is 11.1 Å². The Balaban J connectivity index is 2.69. The molecular formula is C16H13F4O3S-. The van der Waals surface area contributed by atoms with Crippen LogP contribution >= 0.6 is 0 Å². The molecule has 0 aliphatic heterocycles. The van der Waals surface area contributed by atoms with Gasteiger partial charge in [0, 0.05) is 0 Å². The second-order valence-electron chi connectivity index (χ2n) is 5.35. The molecule has 0 amide bonds. The molecular weight excluding hydrogens is 348 g/mol. The van der Waals surface area contributed by atoms with E-state index in [4.69, 9.17) is 0 Å². The van der Waals surface area contributed by atoms with Crippen molar-refractivity contribution in [2.45, 2.75) is 31.1 Å². The zero-order valence-electron chi connectivity index (χ0n) is 12.7. The first-order valence-corrected chi connectivity index (χ1v) is 8.42. The van der Waals surface area contributed by atoms with Crippen LogP contribution < -0.4 is 0 Å². The van der Waals surface area contributed by atoms with E-state index >= 15 is 0 Å². The van der Waals surface area contributed by atoms with E-state index < -0.39 is 43.8 Å². The van der Waals surface area contributed by atoms with Gasteiger partial charge >= 0.3 is 0 Å². The maximum Gasteiger partial charge on any atom is 0.180 e. The highest BCUT2D eigenvalue weighted by Crippen LogP contribution is 2.34. The van der Waals surface area contributed by atoms with Crippen molar-refractivity contribution in [3.63, 3.8) is 0 Å². The van der Waals surface area contributed by atoms with Crippen molar-refractivity contribution in [1.82, 2.24) is 0 Å². The van der Waals surface area contributed by atoms with E-state index in [1.165, 1.54) is 12.1 Å². The van der Waals surface area contributed by atoms with E-state index in [-0.39, 0.29) is 11.5 Å². The highest BCUT2D eigenvalue weighted by Gasteiger charge is 2.29. The monoisotopic (exact) mass is 361 g/mol. The fourth-order valence-corrected chi connectivity index (χ4v) is 2.92. The van der Waals surface area contributed by atoms with Crippen molar-refractivity contribution in [2.75, 3.05) is 0 Å². The molecule has 0 N–H and O–H groups in total. The van der Waals surface area contributed by atoms with Crippen molar-refractivity contribution in [3.05, 3.63) is 53.1 Å². The van der Waals surface area contributed by atoms with Crippen molar-refractivity contribution in [2.24, 2.45) is 0 Å². The molecule has 0 aliphatic rings. The number of hydrogen-bond donors (Lipinski definition) is 0. The van der Waals surface area contributed by atoms with Crippen molar-refractivity contribution < 1.29 is 30.5 Å². The molecule has 0 aromatic heterocycles. The summed E-state index contributed by atoms with van der Waals surface area (Å²) < 4.78 is 88.1. The first-order valence-electron chi connectivity index (χ1n) is 7.01. The third-order valence-electron chi connectivity index (χ3n) is 3.85. The third-order valence-corrected chi connectivity index (χ3v) is 4.71. The van der Waals surface area contributed by atoms with E-state index in [1.54, 1.807) is 12.1 Å². The Morgan fingerprint density at radius 1 is 0.958 bits per heavy atom. The average molecular weight is 361 g/mol. The van der Waals surface area contributed by atoms with Crippen LogP contribution in [-0.2, 0) is 10.1 Å². The molecule has 0 bridgehead atoms. The van der Waals surface area contributed by atoms with Crippen LogP contribution in [0, 0.1) is 23.3 Å². The van der Waals surface area contributed by atoms with Crippen LogP contribution in [0.4, 0.5) is 17.6 Å². The SMILES string of the molecule is CCC(C)c1ccc(-c2c(F)c(F)c(S(=O)(=O)[O-])c(F)c2F)cc1. The molecule has 2 aromatic carbocycles. The van der Waals surface area contributed by atoms with Gasteiger partial charge in [0.15, 0.2) is 23.3 Å². The second kappa shape index (κ2) is 6.52. The van der Waals surface area contributed by atoms with Crippen molar-refractivity contribution in [3.8, 4) is 11.1 Å². The zero-order chi connectivity index (χ0) is 18.2. The Labute approximate surface area is 136 Å². The molecule has 130 valence electrons. The van der Waals surface area contributed by atoms with Gasteiger partial charge in [-0.15, -0.1) is 0 Å². The average Bonchev–Trinajstić information content (AvgIpc) is 2.52. The Kier molecular flexibility index (Phi) is 5.00. The van der Waals surface area contributed by atoms with Crippen LogP contribution in [0.3, 0.4) is 0 Å². The maximum absolute atomic E-state index is 14.1. The number of benzene rings is 2. The van der Waals surface area contributed by atoms with E-state index in [9.17, 15) is 30.5 Å². The summed E-state index contributed by atoms with van der Waals surface area (Å²) in [6.07, 6.45) is 0.821. The minimum Gasteiger partial charge on any atom is -0.744 e. The van der Waals surface area contributed by atoms with Crippen molar-refractivity contribution in [1.29, 1.82) is 0 Å². The molecule has 8 heteroatoms. The van der Waals surface area contributed by atoms with Crippen LogP contribution in [0.5, 0.6) is 0 Å². The molecule has 3 nitrogen and oxygen atoms in total. The van der Waals surface area contributed by atoms with Gasteiger partial charge < -0.3 is 4.55 Å².